The van der Waals surface area contributed by atoms with Gasteiger partial charge in [-0.25, -0.2) is 8.78 Å². The van der Waals surface area contributed by atoms with Crippen molar-refractivity contribution in [3.63, 3.8) is 0 Å². The molecule has 4 aliphatic carbocycles. The van der Waals surface area contributed by atoms with Gasteiger partial charge < -0.3 is 14.2 Å². The van der Waals surface area contributed by atoms with Crippen LogP contribution in [0.25, 0.3) is 0 Å². The molecule has 9 nitrogen and oxygen atoms in total. The van der Waals surface area contributed by atoms with Gasteiger partial charge >= 0.3 is 5.97 Å². The van der Waals surface area contributed by atoms with Gasteiger partial charge in [-0.3, -0.25) is 18.6 Å². The maximum Gasteiger partial charge on any atom is 0.303 e. The first-order valence-corrected chi connectivity index (χ1v) is 14.8. The molecule has 0 spiro atoms. The zero-order valence-electron chi connectivity index (χ0n) is 22.8. The molecule has 0 bridgehead atoms. The van der Waals surface area contributed by atoms with E-state index in [1.54, 1.807) is 20.8 Å². The minimum absolute atomic E-state index is 0.00586. The molecule has 1 saturated heterocycles. The number of esters is 1. The van der Waals surface area contributed by atoms with Crippen molar-refractivity contribution < 1.29 is 50.0 Å². The molecule has 0 amide bonds. The second-order valence-corrected chi connectivity index (χ2v) is 14.1. The second kappa shape index (κ2) is 8.50. The van der Waals surface area contributed by atoms with Gasteiger partial charge in [0.15, 0.2) is 28.6 Å². The summed E-state index contributed by atoms with van der Waals surface area (Å²) in [7, 11) is -3.98. The van der Waals surface area contributed by atoms with Gasteiger partial charge in [-0.1, -0.05) is 13.0 Å². The van der Waals surface area contributed by atoms with Crippen molar-refractivity contribution in [2.75, 3.05) is 12.9 Å². The van der Waals surface area contributed by atoms with Crippen LogP contribution in [0.1, 0.15) is 53.9 Å². The van der Waals surface area contributed by atoms with E-state index in [1.165, 1.54) is 19.1 Å². The van der Waals surface area contributed by atoms with Crippen molar-refractivity contribution in [2.24, 2.45) is 22.7 Å². The summed E-state index contributed by atoms with van der Waals surface area (Å²) in [6.45, 7) is 6.75. The number of ketones is 2. The number of fused-ring (bicyclic) bond motifs is 7. The van der Waals surface area contributed by atoms with Gasteiger partial charge in [0.1, 0.15) is 18.9 Å². The Labute approximate surface area is 226 Å². The van der Waals surface area contributed by atoms with Crippen molar-refractivity contribution >= 4 is 27.7 Å². The average molecular weight is 573 g/mol. The summed E-state index contributed by atoms with van der Waals surface area (Å²) >= 11 is 0. The first kappa shape index (κ1) is 28.5. The topological polar surface area (TPSA) is 122 Å². The van der Waals surface area contributed by atoms with Gasteiger partial charge in [-0.2, -0.15) is 8.42 Å². The van der Waals surface area contributed by atoms with E-state index in [0.29, 0.717) is 0 Å². The normalized spacial score (nSPS) is 46.0. The molecule has 9 atom stereocenters. The molecule has 0 aromatic rings. The molecule has 1 aliphatic heterocycles. The van der Waals surface area contributed by atoms with E-state index in [1.807, 2.05) is 0 Å². The lowest BCUT2D eigenvalue weighted by atomic mass is 9.44. The highest BCUT2D eigenvalue weighted by Gasteiger charge is 2.81. The van der Waals surface area contributed by atoms with Gasteiger partial charge in [-0.15, -0.1) is 0 Å². The van der Waals surface area contributed by atoms with Crippen LogP contribution in [0.15, 0.2) is 23.8 Å². The molecule has 0 aromatic carbocycles. The first-order chi connectivity index (χ1) is 17.8. The number of carbonyl (C=O) groups excluding carboxylic acids is 3. The molecule has 0 aromatic heterocycles. The van der Waals surface area contributed by atoms with E-state index in [-0.39, 0.29) is 24.8 Å². The van der Waals surface area contributed by atoms with E-state index >= 15 is 8.78 Å². The molecule has 5 aliphatic rings. The van der Waals surface area contributed by atoms with Crippen LogP contribution in [0.3, 0.4) is 0 Å². The van der Waals surface area contributed by atoms with E-state index in [9.17, 15) is 22.8 Å². The standard InChI is InChI=1S/C27H34F2O9S/c1-14(30)36-22-12-25(5)16(17-10-19(28)18-9-15(31)7-8-24(18,4)26(17,22)29)11-21-27(25,38-23(2,3)37-21)20(32)13-35-39(6,33)34/h7-9,16-17,19,21-22H,10-13H2,1-6H3/t16-,17-,19-,21+,22-,24-,25-,26-,27+/m0/s1. The van der Waals surface area contributed by atoms with E-state index in [0.717, 1.165) is 19.3 Å². The maximum absolute atomic E-state index is 17.9. The number of allylic oxidation sites excluding steroid dienone is 4. The fourth-order valence-corrected chi connectivity index (χ4v) is 8.68. The largest absolute Gasteiger partial charge is 0.459 e. The second-order valence-electron chi connectivity index (χ2n) is 12.4. The number of ether oxygens (including phenoxy) is 3. The predicted octanol–water partition coefficient (Wildman–Crippen LogP) is 2.92. The minimum Gasteiger partial charge on any atom is -0.459 e. The molecule has 4 fully saturated rings. The zero-order valence-corrected chi connectivity index (χ0v) is 23.6. The molecule has 0 N–H and O–H groups in total. The van der Waals surface area contributed by atoms with Crippen molar-refractivity contribution in [1.82, 2.24) is 0 Å². The molecule has 3 saturated carbocycles. The Kier molecular flexibility index (Phi) is 6.21. The smallest absolute Gasteiger partial charge is 0.303 e. The van der Waals surface area contributed by atoms with Crippen LogP contribution < -0.4 is 0 Å². The van der Waals surface area contributed by atoms with Crippen LogP contribution in [0, 0.1) is 22.7 Å². The van der Waals surface area contributed by atoms with Gasteiger partial charge in [0.25, 0.3) is 10.1 Å². The summed E-state index contributed by atoms with van der Waals surface area (Å²) in [5.41, 5.74) is -6.95. The highest BCUT2D eigenvalue weighted by atomic mass is 32.2. The zero-order chi connectivity index (χ0) is 29.0. The van der Waals surface area contributed by atoms with E-state index in [4.69, 9.17) is 18.4 Å². The van der Waals surface area contributed by atoms with Gasteiger partial charge in [-0.05, 0) is 63.7 Å². The quantitative estimate of drug-likeness (QED) is 0.362. The highest BCUT2D eigenvalue weighted by molar-refractivity contribution is 7.86. The Morgan fingerprint density at radius 3 is 2.44 bits per heavy atom. The molecular weight excluding hydrogens is 538 g/mol. The maximum atomic E-state index is 17.9. The third-order valence-electron chi connectivity index (χ3n) is 9.72. The van der Waals surface area contributed by atoms with Gasteiger partial charge in [0.05, 0.1) is 12.4 Å². The number of rotatable bonds is 5. The van der Waals surface area contributed by atoms with Crippen LogP contribution in [-0.4, -0.2) is 74.3 Å². The number of Topliss-reactive ketones (excluding diaryl/α,β-unsaturated/α-hetero) is 1. The molecule has 5 rings (SSSR count). The number of alkyl halides is 2. The van der Waals surface area contributed by atoms with Crippen LogP contribution >= 0.6 is 0 Å². The highest BCUT2D eigenvalue weighted by Crippen LogP contribution is 2.73. The summed E-state index contributed by atoms with van der Waals surface area (Å²) in [5, 5.41) is 0. The van der Waals surface area contributed by atoms with Crippen molar-refractivity contribution in [1.29, 1.82) is 0 Å². The molecule has 1 heterocycles. The fourth-order valence-electron chi connectivity index (χ4n) is 8.36. The summed E-state index contributed by atoms with van der Waals surface area (Å²) < 4.78 is 80.2. The number of hydrogen-bond donors (Lipinski definition) is 0. The summed E-state index contributed by atoms with van der Waals surface area (Å²) in [6.07, 6.45) is 0.110. The third-order valence-corrected chi connectivity index (χ3v) is 10.3. The Morgan fingerprint density at radius 2 is 1.82 bits per heavy atom. The molecule has 39 heavy (non-hydrogen) atoms. The SMILES string of the molecule is CC(=O)O[C@H]1C[C@@]2(C)[C@@H](C[C@H]3OC(C)(C)O[C@]32C(=O)COS(C)(=O)=O)[C@@H]2C[C@H](F)C3=CC(=O)C=C[C@]3(C)[C@@]12F. The van der Waals surface area contributed by atoms with E-state index in [2.05, 4.69) is 0 Å². The monoisotopic (exact) mass is 572 g/mol. The van der Waals surface area contributed by atoms with Crippen LogP contribution in [-0.2, 0) is 42.9 Å². The van der Waals surface area contributed by atoms with Crippen LogP contribution in [0.5, 0.6) is 0 Å². The first-order valence-electron chi connectivity index (χ1n) is 13.0. The van der Waals surface area contributed by atoms with Gasteiger partial charge in [0, 0.05) is 23.7 Å². The predicted molar refractivity (Wildman–Crippen MR) is 132 cm³/mol. The average Bonchev–Trinajstić information content (AvgIpc) is 3.20. The Hall–Kier alpha value is -2.02. The van der Waals surface area contributed by atoms with Crippen molar-refractivity contribution in [3.8, 4) is 0 Å². The van der Waals surface area contributed by atoms with Crippen molar-refractivity contribution in [3.05, 3.63) is 23.8 Å². The summed E-state index contributed by atoms with van der Waals surface area (Å²) in [6, 6.07) is 0. The van der Waals surface area contributed by atoms with Crippen LogP contribution in [0.2, 0.25) is 0 Å². The number of carbonyl (C=O) groups is 3. The van der Waals surface area contributed by atoms with Crippen LogP contribution in [0.4, 0.5) is 8.78 Å². The Morgan fingerprint density at radius 1 is 1.15 bits per heavy atom. The molecule has 216 valence electrons. The third kappa shape index (κ3) is 3.84. The molecule has 0 unspecified atom stereocenters. The molecule has 0 radical (unpaired) electrons. The van der Waals surface area contributed by atoms with Gasteiger partial charge in [0.2, 0.25) is 0 Å². The minimum atomic E-state index is -3.98. The van der Waals surface area contributed by atoms with Crippen molar-refractivity contribution in [2.45, 2.75) is 89.3 Å². The summed E-state index contributed by atoms with van der Waals surface area (Å²) in [5.74, 6) is -4.90. The fraction of sp³-hybridized carbons (Fsp3) is 0.741. The molecular formula is C27H34F2O9S. The summed E-state index contributed by atoms with van der Waals surface area (Å²) in [4.78, 5) is 38.3. The lowest BCUT2D eigenvalue weighted by molar-refractivity contribution is -0.253. The lowest BCUT2D eigenvalue weighted by Crippen LogP contribution is -2.71. The lowest BCUT2D eigenvalue weighted by Gasteiger charge is -2.63. The number of halogens is 2. The Bertz CT molecular complexity index is 1310. The Balaban J connectivity index is 1.67. The molecule has 12 heteroatoms. The van der Waals surface area contributed by atoms with E-state index < -0.39 is 92.4 Å². The number of hydrogen-bond acceptors (Lipinski definition) is 9.